The van der Waals surface area contributed by atoms with Crippen molar-refractivity contribution in [1.82, 2.24) is 15.4 Å². The fraction of sp³-hybridized carbons (Fsp3) is 0.923. The molecule has 0 saturated carbocycles. The summed E-state index contributed by atoms with van der Waals surface area (Å²) in [6.45, 7) is 7.66. The van der Waals surface area contributed by atoms with E-state index < -0.39 is 15.6 Å². The van der Waals surface area contributed by atoms with Gasteiger partial charge in [-0.05, 0) is 45.6 Å². The van der Waals surface area contributed by atoms with Crippen molar-refractivity contribution in [2.75, 3.05) is 37.9 Å². The smallest absolute Gasteiger partial charge is 0.209 e. The van der Waals surface area contributed by atoms with Gasteiger partial charge in [-0.25, -0.2) is 13.1 Å². The SMILES string of the molecule is CCNC(=NCC(C)(C)NS(C)(=O)=O)NCCCCSC.I. The number of halogens is 1. The van der Waals surface area contributed by atoms with Gasteiger partial charge < -0.3 is 10.6 Å². The first kappa shape index (κ1) is 24.5. The first-order valence-electron chi connectivity index (χ1n) is 7.20. The Balaban J connectivity index is 0. The van der Waals surface area contributed by atoms with E-state index in [0.29, 0.717) is 6.54 Å². The fourth-order valence-electron chi connectivity index (χ4n) is 1.73. The summed E-state index contributed by atoms with van der Waals surface area (Å²) >= 11 is 1.85. The Bertz CT molecular complexity index is 414. The molecular formula is C13H31IN4O2S2. The van der Waals surface area contributed by atoms with Crippen LogP contribution in [-0.4, -0.2) is 57.8 Å². The Labute approximate surface area is 157 Å². The highest BCUT2D eigenvalue weighted by Gasteiger charge is 2.21. The Morgan fingerprint density at radius 3 is 2.36 bits per heavy atom. The van der Waals surface area contributed by atoms with Gasteiger partial charge in [-0.3, -0.25) is 4.99 Å². The lowest BCUT2D eigenvalue weighted by Crippen LogP contribution is -2.46. The van der Waals surface area contributed by atoms with Gasteiger partial charge >= 0.3 is 0 Å². The molecule has 0 heterocycles. The van der Waals surface area contributed by atoms with Crippen molar-refractivity contribution in [1.29, 1.82) is 0 Å². The zero-order valence-corrected chi connectivity index (χ0v) is 18.2. The van der Waals surface area contributed by atoms with E-state index in [-0.39, 0.29) is 24.0 Å². The molecule has 0 aliphatic carbocycles. The quantitative estimate of drug-likeness (QED) is 0.197. The van der Waals surface area contributed by atoms with Crippen LogP contribution in [0.3, 0.4) is 0 Å². The number of sulfonamides is 1. The topological polar surface area (TPSA) is 82.6 Å². The average Bonchev–Trinajstić information content (AvgIpc) is 2.32. The molecule has 0 spiro atoms. The van der Waals surface area contributed by atoms with Crippen molar-refractivity contribution in [2.45, 2.75) is 39.2 Å². The first-order valence-corrected chi connectivity index (χ1v) is 10.5. The molecule has 0 aromatic carbocycles. The molecule has 3 N–H and O–H groups in total. The summed E-state index contributed by atoms with van der Waals surface area (Å²) in [5.41, 5.74) is -0.602. The summed E-state index contributed by atoms with van der Waals surface area (Å²) in [7, 11) is -3.23. The van der Waals surface area contributed by atoms with Gasteiger partial charge in [-0.1, -0.05) is 0 Å². The zero-order valence-electron chi connectivity index (χ0n) is 14.2. The predicted octanol–water partition coefficient (Wildman–Crippen LogP) is 1.63. The highest BCUT2D eigenvalue weighted by molar-refractivity contribution is 14.0. The summed E-state index contributed by atoms with van der Waals surface area (Å²) in [6, 6.07) is 0. The maximum atomic E-state index is 11.3. The molecule has 0 aromatic heterocycles. The highest BCUT2D eigenvalue weighted by atomic mass is 127. The van der Waals surface area contributed by atoms with Gasteiger partial charge in [0.1, 0.15) is 0 Å². The molecule has 134 valence electrons. The zero-order chi connectivity index (χ0) is 16.4. The van der Waals surface area contributed by atoms with Crippen LogP contribution >= 0.6 is 35.7 Å². The second-order valence-electron chi connectivity index (χ2n) is 5.58. The standard InChI is InChI=1S/C13H30N4O2S2.HI/c1-6-14-12(15-9-7-8-10-20-4)16-11-13(2,3)17-21(5,18)19;/h17H,6-11H2,1-5H3,(H2,14,15,16);1H. The highest BCUT2D eigenvalue weighted by Crippen LogP contribution is 2.04. The largest absolute Gasteiger partial charge is 0.357 e. The molecule has 0 amide bonds. The van der Waals surface area contributed by atoms with E-state index in [1.807, 2.05) is 32.5 Å². The summed E-state index contributed by atoms with van der Waals surface area (Å²) in [5.74, 6) is 1.89. The van der Waals surface area contributed by atoms with Gasteiger partial charge in [0.15, 0.2) is 5.96 Å². The van der Waals surface area contributed by atoms with Crippen LogP contribution in [0.2, 0.25) is 0 Å². The van der Waals surface area contributed by atoms with E-state index in [1.54, 1.807) is 0 Å². The molecule has 0 fully saturated rings. The van der Waals surface area contributed by atoms with Gasteiger partial charge in [0.05, 0.1) is 12.8 Å². The molecule has 0 saturated heterocycles. The molecule has 0 atom stereocenters. The Morgan fingerprint density at radius 1 is 1.23 bits per heavy atom. The van der Waals surface area contributed by atoms with Gasteiger partial charge in [0.2, 0.25) is 10.0 Å². The maximum absolute atomic E-state index is 11.3. The minimum Gasteiger partial charge on any atom is -0.357 e. The minimum atomic E-state index is -3.23. The molecule has 0 radical (unpaired) electrons. The third-order valence-electron chi connectivity index (χ3n) is 2.51. The number of nitrogens with one attached hydrogen (secondary N) is 3. The number of nitrogens with zero attached hydrogens (tertiary/aromatic N) is 1. The van der Waals surface area contributed by atoms with Crippen LogP contribution in [0, 0.1) is 0 Å². The van der Waals surface area contributed by atoms with Gasteiger partial charge in [-0.15, -0.1) is 24.0 Å². The Kier molecular flexibility index (Phi) is 14.1. The second-order valence-corrected chi connectivity index (χ2v) is 8.31. The van der Waals surface area contributed by atoms with Crippen molar-refractivity contribution in [3.63, 3.8) is 0 Å². The molecule has 0 aromatic rings. The van der Waals surface area contributed by atoms with Crippen molar-refractivity contribution in [3.05, 3.63) is 0 Å². The molecule has 0 bridgehead atoms. The van der Waals surface area contributed by atoms with Gasteiger partial charge in [-0.2, -0.15) is 11.8 Å². The van der Waals surface area contributed by atoms with E-state index in [9.17, 15) is 8.42 Å². The second kappa shape index (κ2) is 12.7. The van der Waals surface area contributed by atoms with E-state index in [4.69, 9.17) is 0 Å². The Morgan fingerprint density at radius 2 is 1.86 bits per heavy atom. The van der Waals surface area contributed by atoms with Gasteiger partial charge in [0.25, 0.3) is 0 Å². The summed E-state index contributed by atoms with van der Waals surface area (Å²) in [4.78, 5) is 4.45. The predicted molar refractivity (Wildman–Crippen MR) is 109 cm³/mol. The monoisotopic (exact) mass is 466 g/mol. The van der Waals surface area contributed by atoms with Crippen LogP contribution in [0.5, 0.6) is 0 Å². The van der Waals surface area contributed by atoms with E-state index in [1.165, 1.54) is 12.2 Å². The minimum absolute atomic E-state index is 0. The van der Waals surface area contributed by atoms with Gasteiger partial charge in [0, 0.05) is 18.6 Å². The van der Waals surface area contributed by atoms with E-state index in [0.717, 1.165) is 31.7 Å². The van der Waals surface area contributed by atoms with Crippen LogP contribution in [0.25, 0.3) is 0 Å². The molecule has 0 aliphatic rings. The molecule has 6 nitrogen and oxygen atoms in total. The lowest BCUT2D eigenvalue weighted by atomic mass is 10.1. The molecule has 9 heteroatoms. The van der Waals surface area contributed by atoms with E-state index >= 15 is 0 Å². The third-order valence-corrected chi connectivity index (χ3v) is 4.13. The Hall–Kier alpha value is 0.260. The average molecular weight is 466 g/mol. The van der Waals surface area contributed by atoms with Crippen LogP contribution < -0.4 is 15.4 Å². The lowest BCUT2D eigenvalue weighted by molar-refractivity contribution is 0.464. The number of hydrogen-bond donors (Lipinski definition) is 3. The van der Waals surface area contributed by atoms with E-state index in [2.05, 4.69) is 26.6 Å². The van der Waals surface area contributed by atoms with Crippen molar-refractivity contribution >= 4 is 51.7 Å². The maximum Gasteiger partial charge on any atom is 0.209 e. The third kappa shape index (κ3) is 15.2. The number of hydrogen-bond acceptors (Lipinski definition) is 4. The van der Waals surface area contributed by atoms with Crippen molar-refractivity contribution < 1.29 is 8.42 Å². The van der Waals surface area contributed by atoms with Crippen LogP contribution in [0.15, 0.2) is 4.99 Å². The van der Waals surface area contributed by atoms with Crippen LogP contribution in [0.4, 0.5) is 0 Å². The molecule has 22 heavy (non-hydrogen) atoms. The number of thioether (sulfide) groups is 1. The summed E-state index contributed by atoms with van der Waals surface area (Å²) in [6.07, 6.45) is 5.54. The molecule has 0 unspecified atom stereocenters. The number of unbranched alkanes of at least 4 members (excludes halogenated alkanes) is 1. The molecular weight excluding hydrogens is 435 g/mol. The lowest BCUT2D eigenvalue weighted by Gasteiger charge is -2.23. The molecule has 0 rings (SSSR count). The van der Waals surface area contributed by atoms with Crippen LogP contribution in [-0.2, 0) is 10.0 Å². The number of guanidine groups is 1. The van der Waals surface area contributed by atoms with Crippen molar-refractivity contribution in [2.24, 2.45) is 4.99 Å². The molecule has 0 aliphatic heterocycles. The fourth-order valence-corrected chi connectivity index (χ4v) is 3.29. The van der Waals surface area contributed by atoms with Crippen molar-refractivity contribution in [3.8, 4) is 0 Å². The van der Waals surface area contributed by atoms with Crippen LogP contribution in [0.1, 0.15) is 33.6 Å². The number of aliphatic imine (C=N–C) groups is 1. The number of rotatable bonds is 10. The normalized spacial score (nSPS) is 12.7. The first-order chi connectivity index (χ1) is 9.70. The summed E-state index contributed by atoms with van der Waals surface area (Å²) < 4.78 is 25.2. The summed E-state index contributed by atoms with van der Waals surface area (Å²) in [5, 5.41) is 6.43.